The van der Waals surface area contributed by atoms with Gasteiger partial charge in [-0.15, -0.1) is 22.7 Å². The highest BCUT2D eigenvalue weighted by Gasteiger charge is 2.23. The van der Waals surface area contributed by atoms with Crippen LogP contribution in [0.4, 0.5) is 0 Å². The number of allylic oxidation sites excluding steroid dienone is 4. The van der Waals surface area contributed by atoms with Crippen molar-refractivity contribution in [2.24, 2.45) is 0 Å². The SMILES string of the molecule is C1=CC(c2nc(-c3cccc4c3sc3ccccc34)nc(-c3cccc4oc5ccc(-c6cccc7c6sc6ccccc67)cc5c34)n2)CC=C1c1ccccc1. The monoisotopic (exact) mass is 765 g/mol. The highest BCUT2D eigenvalue weighted by atomic mass is 32.1. The van der Waals surface area contributed by atoms with Crippen molar-refractivity contribution < 1.29 is 4.42 Å². The van der Waals surface area contributed by atoms with E-state index in [1.165, 1.54) is 57.0 Å². The van der Waals surface area contributed by atoms with E-state index in [1.54, 1.807) is 11.3 Å². The first-order valence-corrected chi connectivity index (χ1v) is 20.8. The Bertz CT molecular complexity index is 3460. The number of thiophene rings is 2. The van der Waals surface area contributed by atoms with Gasteiger partial charge in [0.1, 0.15) is 17.0 Å². The number of nitrogens with zero attached hydrogens (tertiary/aromatic N) is 3. The van der Waals surface area contributed by atoms with E-state index in [9.17, 15) is 0 Å². The maximum atomic E-state index is 6.56. The van der Waals surface area contributed by atoms with E-state index in [1.807, 2.05) is 23.5 Å². The molecule has 1 aliphatic rings. The maximum absolute atomic E-state index is 6.56. The molecule has 11 aromatic rings. The van der Waals surface area contributed by atoms with Crippen LogP contribution in [0.15, 0.2) is 174 Å². The molecule has 57 heavy (non-hydrogen) atoms. The normalized spacial score (nSPS) is 14.5. The van der Waals surface area contributed by atoms with Crippen LogP contribution in [0, 0.1) is 0 Å². The third-order valence-corrected chi connectivity index (χ3v) is 13.7. The van der Waals surface area contributed by atoms with Crippen molar-refractivity contribution in [2.75, 3.05) is 0 Å². The first-order chi connectivity index (χ1) is 28.2. The highest BCUT2D eigenvalue weighted by Crippen LogP contribution is 2.44. The lowest BCUT2D eigenvalue weighted by molar-refractivity contribution is 0.669. The fourth-order valence-corrected chi connectivity index (χ4v) is 11.0. The zero-order valence-corrected chi connectivity index (χ0v) is 32.1. The van der Waals surface area contributed by atoms with E-state index >= 15 is 0 Å². The number of rotatable bonds is 5. The summed E-state index contributed by atoms with van der Waals surface area (Å²) in [7, 11) is 0. The van der Waals surface area contributed by atoms with Crippen LogP contribution in [-0.2, 0) is 0 Å². The van der Waals surface area contributed by atoms with Crippen LogP contribution < -0.4 is 0 Å². The summed E-state index contributed by atoms with van der Waals surface area (Å²) in [5.41, 5.74) is 8.38. The van der Waals surface area contributed by atoms with Crippen molar-refractivity contribution in [1.29, 1.82) is 0 Å². The Morgan fingerprint density at radius 2 is 1.12 bits per heavy atom. The van der Waals surface area contributed by atoms with E-state index in [0.717, 1.165) is 50.9 Å². The average molecular weight is 766 g/mol. The first-order valence-electron chi connectivity index (χ1n) is 19.2. The van der Waals surface area contributed by atoms with Gasteiger partial charge in [0.05, 0.1) is 0 Å². The van der Waals surface area contributed by atoms with E-state index in [4.69, 9.17) is 19.4 Å². The molecule has 0 bridgehead atoms. The van der Waals surface area contributed by atoms with Gasteiger partial charge in [-0.05, 0) is 65.1 Å². The van der Waals surface area contributed by atoms with Crippen LogP contribution in [0.5, 0.6) is 0 Å². The second kappa shape index (κ2) is 12.9. The highest BCUT2D eigenvalue weighted by molar-refractivity contribution is 7.26. The molecule has 0 spiro atoms. The lowest BCUT2D eigenvalue weighted by Crippen LogP contribution is -2.08. The van der Waals surface area contributed by atoms with E-state index in [0.29, 0.717) is 11.6 Å². The maximum Gasteiger partial charge on any atom is 0.165 e. The van der Waals surface area contributed by atoms with Gasteiger partial charge < -0.3 is 4.42 Å². The average Bonchev–Trinajstić information content (AvgIpc) is 3.98. The fraction of sp³-hybridized carbons (Fsp3) is 0.0392. The van der Waals surface area contributed by atoms with Crippen LogP contribution in [0.2, 0.25) is 0 Å². The predicted octanol–water partition coefficient (Wildman–Crippen LogP) is 14.6. The topological polar surface area (TPSA) is 51.8 Å². The van der Waals surface area contributed by atoms with Gasteiger partial charge in [0, 0.05) is 68.2 Å². The molecule has 4 nitrogen and oxygen atoms in total. The van der Waals surface area contributed by atoms with Gasteiger partial charge in [0.25, 0.3) is 0 Å². The van der Waals surface area contributed by atoms with Crippen LogP contribution >= 0.6 is 22.7 Å². The zero-order valence-electron chi connectivity index (χ0n) is 30.5. The van der Waals surface area contributed by atoms with Gasteiger partial charge in [-0.2, -0.15) is 0 Å². The van der Waals surface area contributed by atoms with Crippen molar-refractivity contribution in [2.45, 2.75) is 12.3 Å². The molecule has 12 rings (SSSR count). The van der Waals surface area contributed by atoms with Crippen molar-refractivity contribution in [3.05, 3.63) is 181 Å². The summed E-state index contributed by atoms with van der Waals surface area (Å²) in [6.45, 7) is 0. The zero-order chi connectivity index (χ0) is 37.5. The van der Waals surface area contributed by atoms with Gasteiger partial charge in [-0.1, -0.05) is 133 Å². The summed E-state index contributed by atoms with van der Waals surface area (Å²) in [6.07, 6.45) is 7.56. The minimum atomic E-state index is -0.00623. The van der Waals surface area contributed by atoms with Crippen LogP contribution in [0.3, 0.4) is 0 Å². The number of aromatic nitrogens is 3. The van der Waals surface area contributed by atoms with E-state index < -0.39 is 0 Å². The summed E-state index contributed by atoms with van der Waals surface area (Å²) in [5, 5.41) is 7.09. The lowest BCUT2D eigenvalue weighted by Gasteiger charge is -2.17. The molecule has 0 N–H and O–H groups in total. The van der Waals surface area contributed by atoms with Crippen molar-refractivity contribution in [3.8, 4) is 33.9 Å². The Kier molecular flexibility index (Phi) is 7.37. The van der Waals surface area contributed by atoms with Crippen LogP contribution in [-0.4, -0.2) is 15.0 Å². The molecule has 6 heteroatoms. The third kappa shape index (κ3) is 5.29. The second-order valence-electron chi connectivity index (χ2n) is 14.6. The number of hydrogen-bond acceptors (Lipinski definition) is 6. The van der Waals surface area contributed by atoms with Crippen molar-refractivity contribution in [3.63, 3.8) is 0 Å². The standard InChI is InChI=1S/C51H31N3OS2/c1-2-11-30(12-3-1)31-23-25-32(26-24-31)49-52-50(54-51(53-49)40-19-9-17-38-36-14-5-7-22-45(36)57-48(38)40)39-18-10-20-43-46(39)41-29-33(27-28-42(41)55-43)34-15-8-16-37-35-13-4-6-21-44(35)56-47(34)37/h1-25,27-29,32H,26H2. The van der Waals surface area contributed by atoms with Crippen LogP contribution in [0.25, 0.3) is 102 Å². The predicted molar refractivity (Wildman–Crippen MR) is 240 cm³/mol. The quantitative estimate of drug-likeness (QED) is 0.175. The van der Waals surface area contributed by atoms with Gasteiger partial charge in [0.15, 0.2) is 11.6 Å². The summed E-state index contributed by atoms with van der Waals surface area (Å²) >= 11 is 3.64. The molecule has 1 aliphatic carbocycles. The number of hydrogen-bond donors (Lipinski definition) is 0. The second-order valence-corrected chi connectivity index (χ2v) is 16.7. The molecule has 268 valence electrons. The molecule has 0 radical (unpaired) electrons. The molecular weight excluding hydrogens is 735 g/mol. The Morgan fingerprint density at radius 1 is 0.491 bits per heavy atom. The molecule has 0 saturated carbocycles. The molecule has 0 fully saturated rings. The fourth-order valence-electron chi connectivity index (χ4n) is 8.53. The molecule has 4 heterocycles. The molecule has 4 aromatic heterocycles. The molecule has 0 amide bonds. The molecular formula is C51H31N3OS2. The van der Waals surface area contributed by atoms with Gasteiger partial charge in [-0.3, -0.25) is 0 Å². The summed E-state index contributed by atoms with van der Waals surface area (Å²) in [6, 6.07) is 53.7. The summed E-state index contributed by atoms with van der Waals surface area (Å²) in [5.74, 6) is 2.08. The van der Waals surface area contributed by atoms with Crippen LogP contribution in [0.1, 0.15) is 23.7 Å². The Hall–Kier alpha value is -6.73. The minimum Gasteiger partial charge on any atom is -0.456 e. The smallest absolute Gasteiger partial charge is 0.165 e. The minimum absolute atomic E-state index is 0.00623. The van der Waals surface area contributed by atoms with Crippen molar-refractivity contribution >= 4 is 90.5 Å². The van der Waals surface area contributed by atoms with Gasteiger partial charge in [0.2, 0.25) is 0 Å². The Balaban J connectivity index is 1.05. The molecule has 1 atom stereocenters. The third-order valence-electron chi connectivity index (χ3n) is 11.3. The Labute approximate surface area is 335 Å². The first kappa shape index (κ1) is 32.5. The largest absolute Gasteiger partial charge is 0.456 e. The van der Waals surface area contributed by atoms with E-state index in [2.05, 4.69) is 158 Å². The van der Waals surface area contributed by atoms with E-state index in [-0.39, 0.29) is 5.92 Å². The lowest BCUT2D eigenvalue weighted by atomic mass is 9.92. The molecule has 0 aliphatic heterocycles. The van der Waals surface area contributed by atoms with Gasteiger partial charge >= 0.3 is 0 Å². The molecule has 1 unspecified atom stereocenters. The number of fused-ring (bicyclic) bond motifs is 9. The van der Waals surface area contributed by atoms with Gasteiger partial charge in [-0.25, -0.2) is 15.0 Å². The van der Waals surface area contributed by atoms with Crippen molar-refractivity contribution in [1.82, 2.24) is 15.0 Å². The summed E-state index contributed by atoms with van der Waals surface area (Å²) in [4.78, 5) is 15.9. The molecule has 7 aromatic carbocycles. The number of furan rings is 1. The molecule has 0 saturated heterocycles. The Morgan fingerprint density at radius 3 is 1.86 bits per heavy atom. The number of benzene rings is 7. The summed E-state index contributed by atoms with van der Waals surface area (Å²) < 4.78 is 11.6.